The topological polar surface area (TPSA) is 75.3 Å². The molecule has 5 nitrogen and oxygen atoms in total. The number of carbonyl (C=O) groups excluding carboxylic acids is 1. The van der Waals surface area contributed by atoms with Crippen molar-refractivity contribution >= 4 is 33.2 Å². The summed E-state index contributed by atoms with van der Waals surface area (Å²) in [7, 11) is -3.74. The van der Waals surface area contributed by atoms with Gasteiger partial charge in [-0.2, -0.15) is 0 Å². The first-order valence-corrected chi connectivity index (χ1v) is 11.1. The van der Waals surface area contributed by atoms with Crippen molar-refractivity contribution in [2.45, 2.75) is 17.7 Å². The molecule has 0 radical (unpaired) electrons. The van der Waals surface area contributed by atoms with E-state index in [9.17, 15) is 17.6 Å². The van der Waals surface area contributed by atoms with E-state index in [4.69, 9.17) is 11.6 Å². The Bertz CT molecular complexity index is 1120. The van der Waals surface area contributed by atoms with Crippen molar-refractivity contribution in [2.75, 3.05) is 11.3 Å². The second-order valence-electron chi connectivity index (χ2n) is 6.60. The molecule has 3 aromatic carbocycles. The smallest absolute Gasteiger partial charge is 0.261 e. The van der Waals surface area contributed by atoms with Crippen LogP contribution in [-0.2, 0) is 16.4 Å². The highest BCUT2D eigenvalue weighted by atomic mass is 35.5. The summed E-state index contributed by atoms with van der Waals surface area (Å²) in [4.78, 5) is 12.5. The van der Waals surface area contributed by atoms with Crippen LogP contribution < -0.4 is 10.0 Å². The molecule has 8 heteroatoms. The highest BCUT2D eigenvalue weighted by molar-refractivity contribution is 7.92. The van der Waals surface area contributed by atoms with Crippen molar-refractivity contribution < 1.29 is 17.6 Å². The average molecular weight is 447 g/mol. The van der Waals surface area contributed by atoms with Crippen molar-refractivity contribution in [3.8, 4) is 0 Å². The summed E-state index contributed by atoms with van der Waals surface area (Å²) in [5.74, 6) is -0.632. The number of nitrogens with one attached hydrogen (secondary N) is 2. The fourth-order valence-electron chi connectivity index (χ4n) is 2.82. The molecule has 2 N–H and O–H groups in total. The fourth-order valence-corrected chi connectivity index (χ4v) is 4.15. The van der Waals surface area contributed by atoms with E-state index in [1.807, 2.05) is 0 Å². The van der Waals surface area contributed by atoms with Crippen LogP contribution in [0.4, 0.5) is 10.1 Å². The van der Waals surface area contributed by atoms with Crippen LogP contribution in [0.15, 0.2) is 77.7 Å². The van der Waals surface area contributed by atoms with Crippen LogP contribution in [0.1, 0.15) is 22.3 Å². The molecule has 0 fully saturated rings. The molecule has 30 heavy (non-hydrogen) atoms. The first kappa shape index (κ1) is 21.8. The lowest BCUT2D eigenvalue weighted by atomic mass is 10.1. The molecule has 3 aromatic rings. The molecule has 156 valence electrons. The monoisotopic (exact) mass is 446 g/mol. The van der Waals surface area contributed by atoms with E-state index in [1.54, 1.807) is 30.3 Å². The number of anilines is 1. The number of sulfonamides is 1. The van der Waals surface area contributed by atoms with Crippen LogP contribution in [0, 0.1) is 5.82 Å². The average Bonchev–Trinajstić information content (AvgIpc) is 2.73. The minimum absolute atomic E-state index is 0.129. The number of benzene rings is 3. The Kier molecular flexibility index (Phi) is 7.07. The number of carbonyl (C=O) groups is 1. The van der Waals surface area contributed by atoms with E-state index in [2.05, 4.69) is 10.0 Å². The Balaban J connectivity index is 1.56. The minimum Gasteiger partial charge on any atom is -0.352 e. The highest BCUT2D eigenvalue weighted by Crippen LogP contribution is 2.23. The largest absolute Gasteiger partial charge is 0.352 e. The molecule has 0 bridgehead atoms. The Morgan fingerprint density at radius 2 is 1.67 bits per heavy atom. The zero-order valence-corrected chi connectivity index (χ0v) is 17.5. The van der Waals surface area contributed by atoms with Gasteiger partial charge in [0.25, 0.3) is 15.9 Å². The van der Waals surface area contributed by atoms with Gasteiger partial charge >= 0.3 is 0 Å². The van der Waals surface area contributed by atoms with Gasteiger partial charge in [0.05, 0.1) is 21.2 Å². The third-order valence-corrected chi connectivity index (χ3v) is 6.07. The van der Waals surface area contributed by atoms with Gasteiger partial charge in [0, 0.05) is 6.54 Å². The molecule has 0 saturated carbocycles. The van der Waals surface area contributed by atoms with E-state index in [-0.39, 0.29) is 32.9 Å². The van der Waals surface area contributed by atoms with Crippen molar-refractivity contribution in [3.63, 3.8) is 0 Å². The second-order valence-corrected chi connectivity index (χ2v) is 8.69. The Hall–Kier alpha value is -2.90. The van der Waals surface area contributed by atoms with E-state index >= 15 is 0 Å². The first-order valence-electron chi connectivity index (χ1n) is 9.25. The predicted molar refractivity (Wildman–Crippen MR) is 116 cm³/mol. The maximum Gasteiger partial charge on any atom is 0.261 e. The van der Waals surface area contributed by atoms with Gasteiger partial charge in [-0.25, -0.2) is 12.8 Å². The van der Waals surface area contributed by atoms with Crippen molar-refractivity contribution in [2.24, 2.45) is 0 Å². The minimum atomic E-state index is -3.74. The van der Waals surface area contributed by atoms with Crippen LogP contribution in [0.25, 0.3) is 0 Å². The second kappa shape index (κ2) is 9.73. The molecular formula is C22H20ClFN2O3S. The third-order valence-electron chi connectivity index (χ3n) is 4.36. The molecule has 0 spiro atoms. The number of hydrogen-bond acceptors (Lipinski definition) is 3. The SMILES string of the molecule is O=C(NCCCc1ccc(F)cc1)c1ccc(NS(=O)(=O)c2ccccc2)cc1Cl. The zero-order valence-electron chi connectivity index (χ0n) is 15.9. The van der Waals surface area contributed by atoms with E-state index in [0.29, 0.717) is 19.4 Å². The summed E-state index contributed by atoms with van der Waals surface area (Å²) >= 11 is 6.19. The Labute approximate surface area is 179 Å². The van der Waals surface area contributed by atoms with Gasteiger partial charge in [0.15, 0.2) is 0 Å². The number of rotatable bonds is 8. The highest BCUT2D eigenvalue weighted by Gasteiger charge is 2.16. The van der Waals surface area contributed by atoms with Crippen LogP contribution in [0.3, 0.4) is 0 Å². The molecule has 0 atom stereocenters. The van der Waals surface area contributed by atoms with Gasteiger partial charge in [-0.05, 0) is 60.9 Å². The number of amides is 1. The maximum atomic E-state index is 12.9. The summed E-state index contributed by atoms with van der Waals surface area (Å²) in [6, 6.07) is 18.5. The molecular weight excluding hydrogens is 427 g/mol. The van der Waals surface area contributed by atoms with Crippen LogP contribution in [0.2, 0.25) is 5.02 Å². The van der Waals surface area contributed by atoms with Crippen LogP contribution >= 0.6 is 11.6 Å². The van der Waals surface area contributed by atoms with Gasteiger partial charge in [0.2, 0.25) is 0 Å². The lowest BCUT2D eigenvalue weighted by Crippen LogP contribution is -2.25. The fraction of sp³-hybridized carbons (Fsp3) is 0.136. The third kappa shape index (κ3) is 5.81. The maximum absolute atomic E-state index is 12.9. The molecule has 0 aliphatic carbocycles. The van der Waals surface area contributed by atoms with E-state index < -0.39 is 10.0 Å². The van der Waals surface area contributed by atoms with Crippen molar-refractivity contribution in [1.82, 2.24) is 5.32 Å². The van der Waals surface area contributed by atoms with Crippen LogP contribution in [-0.4, -0.2) is 20.9 Å². The van der Waals surface area contributed by atoms with Gasteiger partial charge in [-0.1, -0.05) is 41.9 Å². The Morgan fingerprint density at radius 1 is 0.967 bits per heavy atom. The summed E-state index contributed by atoms with van der Waals surface area (Å²) < 4.78 is 40.1. The molecule has 1 amide bonds. The molecule has 0 aliphatic heterocycles. The summed E-state index contributed by atoms with van der Waals surface area (Å²) in [6.07, 6.45) is 1.39. The molecule has 0 aromatic heterocycles. The standard InChI is InChI=1S/C22H20ClFN2O3S/c23-21-15-18(26-30(28,29)19-6-2-1-3-7-19)12-13-20(21)22(27)25-14-4-5-16-8-10-17(24)11-9-16/h1-3,6-13,15,26H,4-5,14H2,(H,25,27). The number of aryl methyl sites for hydroxylation is 1. The van der Waals surface area contributed by atoms with Gasteiger partial charge in [-0.15, -0.1) is 0 Å². The molecule has 0 heterocycles. The summed E-state index contributed by atoms with van der Waals surface area (Å²) in [6.45, 7) is 0.426. The Morgan fingerprint density at radius 3 is 2.33 bits per heavy atom. The molecule has 0 saturated heterocycles. The van der Waals surface area contributed by atoms with E-state index in [1.165, 1.54) is 42.5 Å². The van der Waals surface area contributed by atoms with Crippen molar-refractivity contribution in [1.29, 1.82) is 0 Å². The van der Waals surface area contributed by atoms with Crippen LogP contribution in [0.5, 0.6) is 0 Å². The van der Waals surface area contributed by atoms with E-state index in [0.717, 1.165) is 5.56 Å². The lowest BCUT2D eigenvalue weighted by molar-refractivity contribution is 0.0953. The lowest BCUT2D eigenvalue weighted by Gasteiger charge is -2.11. The predicted octanol–water partition coefficient (Wildman–Crippen LogP) is 4.64. The molecule has 0 unspecified atom stereocenters. The van der Waals surface area contributed by atoms with Gasteiger partial charge in [0.1, 0.15) is 5.82 Å². The molecule has 0 aliphatic rings. The number of halogens is 2. The summed E-state index contributed by atoms with van der Waals surface area (Å²) in [5, 5.41) is 2.92. The molecule has 3 rings (SSSR count). The van der Waals surface area contributed by atoms with Crippen molar-refractivity contribution in [3.05, 3.63) is 94.8 Å². The quantitative estimate of drug-likeness (QED) is 0.495. The first-order chi connectivity index (χ1) is 14.3. The van der Waals surface area contributed by atoms with Gasteiger partial charge in [-0.3, -0.25) is 9.52 Å². The summed E-state index contributed by atoms with van der Waals surface area (Å²) in [5.41, 5.74) is 1.50. The normalized spacial score (nSPS) is 11.1. The zero-order chi connectivity index (χ0) is 21.6. The number of hydrogen-bond donors (Lipinski definition) is 2. The van der Waals surface area contributed by atoms with Gasteiger partial charge < -0.3 is 5.32 Å².